The first-order chi connectivity index (χ1) is 13.6. The van der Waals surface area contributed by atoms with Crippen LogP contribution in [0.5, 0.6) is 0 Å². The number of rotatable bonds is 3. The van der Waals surface area contributed by atoms with Crippen LogP contribution in [0.2, 0.25) is 5.02 Å². The number of carbonyl (C=O) groups excluding carboxylic acids is 1. The third kappa shape index (κ3) is 5.87. The van der Waals surface area contributed by atoms with Gasteiger partial charge in [-0.3, -0.25) is 4.79 Å². The molecule has 1 saturated carbocycles. The maximum Gasteiger partial charge on any atom is 0.257 e. The average molecular weight is 415 g/mol. The minimum atomic E-state index is -0.265. The van der Waals surface area contributed by atoms with E-state index in [1.807, 2.05) is 12.1 Å². The van der Waals surface area contributed by atoms with Crippen LogP contribution in [-0.2, 0) is 4.79 Å². The first kappa shape index (κ1) is 22.6. The molecule has 7 heteroatoms. The summed E-state index contributed by atoms with van der Waals surface area (Å²) in [6, 6.07) is 8.86. The Morgan fingerprint density at radius 3 is 2.59 bits per heavy atom. The predicted octanol–water partition coefficient (Wildman–Crippen LogP) is 5.01. The molecule has 0 saturated heterocycles. The highest BCUT2D eigenvalue weighted by atomic mass is 35.5. The number of aromatic nitrogens is 3. The van der Waals surface area contributed by atoms with Crippen molar-refractivity contribution in [1.29, 1.82) is 0 Å². The number of halogens is 1. The summed E-state index contributed by atoms with van der Waals surface area (Å²) in [6.45, 7) is 0. The van der Waals surface area contributed by atoms with Gasteiger partial charge in [-0.2, -0.15) is 4.98 Å². The highest BCUT2D eigenvalue weighted by Gasteiger charge is 2.11. The van der Waals surface area contributed by atoms with E-state index in [2.05, 4.69) is 15.0 Å². The van der Waals surface area contributed by atoms with Gasteiger partial charge >= 0.3 is 0 Å². The molecule has 6 nitrogen and oxygen atoms in total. The molecular weight excluding hydrogens is 388 g/mol. The molecule has 3 N–H and O–H groups in total. The topological polar surface area (TPSA) is 102 Å². The molecular formula is C22H27ClN4O2. The lowest BCUT2D eigenvalue weighted by Crippen LogP contribution is -2.10. The number of anilines is 1. The molecule has 4 rings (SSSR count). The number of carbonyl (C=O) groups is 1. The van der Waals surface area contributed by atoms with Crippen molar-refractivity contribution in [2.45, 2.75) is 46.0 Å². The van der Waals surface area contributed by atoms with Crippen molar-refractivity contribution in [2.24, 2.45) is 5.92 Å². The van der Waals surface area contributed by atoms with Gasteiger partial charge in [-0.1, -0.05) is 69.3 Å². The number of pyridine rings is 1. The Labute approximate surface area is 175 Å². The van der Waals surface area contributed by atoms with Crippen molar-refractivity contribution < 1.29 is 4.79 Å². The van der Waals surface area contributed by atoms with Crippen molar-refractivity contribution in [1.82, 2.24) is 15.0 Å². The minimum Gasteiger partial charge on any atom is -0.368 e. The van der Waals surface area contributed by atoms with Crippen LogP contribution in [0.25, 0.3) is 22.2 Å². The third-order valence-electron chi connectivity index (χ3n) is 4.93. The first-order valence-corrected chi connectivity index (χ1v) is 9.80. The molecule has 154 valence electrons. The lowest BCUT2D eigenvalue weighted by molar-refractivity contribution is -0.108. The molecule has 0 aliphatic heterocycles. The smallest absolute Gasteiger partial charge is 0.257 e. The number of aldehydes is 1. The van der Waals surface area contributed by atoms with E-state index in [-0.39, 0.29) is 18.9 Å². The summed E-state index contributed by atoms with van der Waals surface area (Å²) in [4.78, 5) is 32.7. The Morgan fingerprint density at radius 2 is 1.90 bits per heavy atom. The fraction of sp³-hybridized carbons (Fsp3) is 0.364. The largest absolute Gasteiger partial charge is 0.368 e. The number of benzene rings is 1. The Bertz CT molecular complexity index is 1010. The van der Waals surface area contributed by atoms with E-state index in [0.717, 1.165) is 18.6 Å². The fourth-order valence-corrected chi connectivity index (χ4v) is 3.68. The molecule has 1 aliphatic rings. The van der Waals surface area contributed by atoms with Gasteiger partial charge in [0.1, 0.15) is 11.9 Å². The van der Waals surface area contributed by atoms with Crippen LogP contribution in [0.4, 0.5) is 5.95 Å². The average Bonchev–Trinajstić information content (AvgIpc) is 2.70. The quantitative estimate of drug-likeness (QED) is 0.586. The highest BCUT2D eigenvalue weighted by molar-refractivity contribution is 6.33. The molecule has 3 aromatic rings. The number of fused-ring (bicyclic) bond motifs is 1. The molecule has 1 fully saturated rings. The summed E-state index contributed by atoms with van der Waals surface area (Å²) in [5, 5.41) is 1.22. The Hall–Kier alpha value is -2.73. The molecule has 0 unspecified atom stereocenters. The molecule has 2 heterocycles. The van der Waals surface area contributed by atoms with Gasteiger partial charge in [0.05, 0.1) is 0 Å². The van der Waals surface area contributed by atoms with Crippen molar-refractivity contribution >= 4 is 34.9 Å². The van der Waals surface area contributed by atoms with Crippen LogP contribution in [0.15, 0.2) is 41.3 Å². The van der Waals surface area contributed by atoms with E-state index in [1.54, 1.807) is 24.4 Å². The van der Waals surface area contributed by atoms with Crippen molar-refractivity contribution in [2.75, 3.05) is 5.73 Å². The van der Waals surface area contributed by atoms with Gasteiger partial charge in [0.2, 0.25) is 5.95 Å². The Balaban J connectivity index is 0.000000255. The van der Waals surface area contributed by atoms with Crippen LogP contribution in [0.3, 0.4) is 0 Å². The fourth-order valence-electron chi connectivity index (χ4n) is 3.45. The summed E-state index contributed by atoms with van der Waals surface area (Å²) in [5.41, 5.74) is 6.78. The van der Waals surface area contributed by atoms with Gasteiger partial charge in [0, 0.05) is 34.2 Å². The van der Waals surface area contributed by atoms with E-state index in [4.69, 9.17) is 17.3 Å². The lowest BCUT2D eigenvalue weighted by atomic mass is 9.87. The number of H-pyrrole nitrogens is 1. The van der Waals surface area contributed by atoms with Crippen LogP contribution in [-0.4, -0.2) is 21.2 Å². The highest BCUT2D eigenvalue weighted by Crippen LogP contribution is 2.26. The summed E-state index contributed by atoms with van der Waals surface area (Å²) < 4.78 is 0. The Morgan fingerprint density at radius 1 is 1.17 bits per heavy atom. The van der Waals surface area contributed by atoms with Gasteiger partial charge in [-0.05, 0) is 18.1 Å². The van der Waals surface area contributed by atoms with Gasteiger partial charge in [0.25, 0.3) is 5.56 Å². The number of nitrogens with zero attached hydrogens (tertiary/aromatic N) is 2. The second-order valence-corrected chi connectivity index (χ2v) is 7.34. The van der Waals surface area contributed by atoms with Gasteiger partial charge in [-0.15, -0.1) is 0 Å². The molecule has 2 aromatic heterocycles. The van der Waals surface area contributed by atoms with Gasteiger partial charge < -0.3 is 15.5 Å². The number of aromatic amines is 1. The molecule has 0 spiro atoms. The third-order valence-corrected chi connectivity index (χ3v) is 5.26. The van der Waals surface area contributed by atoms with E-state index < -0.39 is 0 Å². The SMILES string of the molecule is C.Nc1ncc2cc(-c3ccccc3Cl)c(=O)[nH]c2n1.O=CCC1CCCCC1. The molecule has 0 radical (unpaired) electrons. The van der Waals surface area contributed by atoms with Crippen molar-refractivity contribution in [3.8, 4) is 11.1 Å². The summed E-state index contributed by atoms with van der Waals surface area (Å²) in [7, 11) is 0. The molecule has 0 bridgehead atoms. The Kier molecular flexibility index (Phi) is 8.34. The van der Waals surface area contributed by atoms with E-state index in [0.29, 0.717) is 27.2 Å². The lowest BCUT2D eigenvalue weighted by Gasteiger charge is -2.18. The van der Waals surface area contributed by atoms with Crippen LogP contribution < -0.4 is 11.3 Å². The summed E-state index contributed by atoms with van der Waals surface area (Å²) >= 11 is 6.10. The van der Waals surface area contributed by atoms with Gasteiger partial charge in [-0.25, -0.2) is 4.98 Å². The maximum absolute atomic E-state index is 12.1. The molecule has 1 aliphatic carbocycles. The van der Waals surface area contributed by atoms with Crippen molar-refractivity contribution in [3.63, 3.8) is 0 Å². The minimum absolute atomic E-state index is 0. The summed E-state index contributed by atoms with van der Waals surface area (Å²) in [6.07, 6.45) is 10.1. The molecule has 0 atom stereocenters. The monoisotopic (exact) mass is 414 g/mol. The number of hydrogen-bond acceptors (Lipinski definition) is 5. The standard InChI is InChI=1S/C13H9ClN4O.C8H14O.CH4/c14-10-4-2-1-3-8(10)9-5-7-6-16-13(15)18-11(7)17-12(9)19;9-7-6-8-4-2-1-3-5-8;/h1-6H,(H3,15,16,17,18,19);7-8H,1-6H2;1H4. The van der Waals surface area contributed by atoms with E-state index >= 15 is 0 Å². The number of nitrogen functional groups attached to an aromatic ring is 1. The van der Waals surface area contributed by atoms with Crippen molar-refractivity contribution in [3.05, 3.63) is 51.9 Å². The first-order valence-electron chi connectivity index (χ1n) is 9.42. The molecule has 29 heavy (non-hydrogen) atoms. The second-order valence-electron chi connectivity index (χ2n) is 6.93. The second kappa shape index (κ2) is 10.7. The van der Waals surface area contributed by atoms with Crippen LogP contribution >= 0.6 is 11.6 Å². The number of nitrogens with two attached hydrogens (primary N) is 1. The normalized spacial score (nSPS) is 13.8. The molecule has 1 aromatic carbocycles. The van der Waals surface area contributed by atoms with E-state index in [9.17, 15) is 9.59 Å². The number of nitrogens with one attached hydrogen (secondary N) is 1. The zero-order valence-corrected chi connectivity index (χ0v) is 16.3. The molecule has 0 amide bonds. The van der Waals surface area contributed by atoms with E-state index in [1.165, 1.54) is 32.1 Å². The summed E-state index contributed by atoms with van der Waals surface area (Å²) in [5.74, 6) is 0.852. The number of hydrogen-bond donors (Lipinski definition) is 2. The van der Waals surface area contributed by atoms with Crippen LogP contribution in [0, 0.1) is 5.92 Å². The zero-order chi connectivity index (χ0) is 19.9. The predicted molar refractivity (Wildman–Crippen MR) is 119 cm³/mol. The van der Waals surface area contributed by atoms with Gasteiger partial charge in [0.15, 0.2) is 0 Å². The maximum atomic E-state index is 12.1. The van der Waals surface area contributed by atoms with Crippen LogP contribution in [0.1, 0.15) is 46.0 Å². The zero-order valence-electron chi connectivity index (χ0n) is 15.5.